The molecule has 2 aromatic rings. The average molecular weight is 763 g/mol. The van der Waals surface area contributed by atoms with E-state index in [4.69, 9.17) is 47.8 Å². The van der Waals surface area contributed by atoms with Crippen molar-refractivity contribution in [3.8, 4) is 6.07 Å². The van der Waals surface area contributed by atoms with E-state index < -0.39 is 0 Å². The van der Waals surface area contributed by atoms with Gasteiger partial charge in [-0.2, -0.15) is 5.26 Å². The molecule has 280 valence electrons. The van der Waals surface area contributed by atoms with Gasteiger partial charge in [0.25, 0.3) is 0 Å². The molecule has 0 bridgehead atoms. The second-order valence-electron chi connectivity index (χ2n) is 12.2. The van der Waals surface area contributed by atoms with E-state index in [1.165, 1.54) is 23.5 Å². The molecule has 0 amide bonds. The number of carbonyl (C=O) groups excluding carboxylic acids is 2. The fraction of sp³-hybridized carbons (Fsp3) is 0.605. The van der Waals surface area contributed by atoms with Crippen LogP contribution in [0.2, 0.25) is 10.0 Å². The molecule has 0 unspecified atom stereocenters. The molecule has 0 saturated heterocycles. The van der Waals surface area contributed by atoms with Crippen LogP contribution in [-0.2, 0) is 14.2 Å². The molecule has 11 heteroatoms. The van der Waals surface area contributed by atoms with Crippen LogP contribution >= 0.6 is 46.7 Å². The van der Waals surface area contributed by atoms with Gasteiger partial charge in [-0.1, -0.05) is 112 Å². The highest BCUT2D eigenvalue weighted by atomic mass is 35.5. The first kappa shape index (κ1) is 51.8. The van der Waals surface area contributed by atoms with Gasteiger partial charge in [0.2, 0.25) is 10.2 Å². The quantitative estimate of drug-likeness (QED) is 0.188. The molecule has 0 aliphatic carbocycles. The Hall–Kier alpha value is -1.61. The lowest BCUT2D eigenvalue weighted by Gasteiger charge is -2.07. The molecule has 0 aliphatic heterocycles. The van der Waals surface area contributed by atoms with Crippen LogP contribution in [0, 0.1) is 23.2 Å². The molecule has 0 radical (unpaired) electrons. The normalized spacial score (nSPS) is 10.2. The zero-order valence-electron chi connectivity index (χ0n) is 31.5. The predicted octanol–water partition coefficient (Wildman–Crippen LogP) is 10.9. The molecule has 0 spiro atoms. The number of rotatable bonds is 14. The Morgan fingerprint density at radius 2 is 1.16 bits per heavy atom. The first-order valence-electron chi connectivity index (χ1n) is 16.6. The van der Waals surface area contributed by atoms with Gasteiger partial charge in [-0.15, -0.1) is 0 Å². The van der Waals surface area contributed by atoms with Crippen molar-refractivity contribution < 1.29 is 28.9 Å². The number of nitriles is 1. The standard InChI is InChI=1S/C12H14Cl2O2S.C12H16O2S.C6H11NO.C4H10O.C4H10/c1-8(2)16-5-6-17-12(15)10-4-3-9(13)7-11(10)14;1-10(2)14-8-9-15-12(13)11-6-4-3-5-7-11;1-6(2)8-5-3-4-7;1-4(2)3-5;1-4(2)3/h3-4,7-8H,5-6H2,1-2H3;3-7,10H,8-9H2,1-2H3;6H,3,5H2,1-2H3;4-5H,3H2,1-2H3;4H,1-3H3. The molecule has 0 aliphatic rings. The van der Waals surface area contributed by atoms with E-state index in [2.05, 4.69) is 20.8 Å². The fourth-order valence-electron chi connectivity index (χ4n) is 2.57. The van der Waals surface area contributed by atoms with Crippen LogP contribution in [-0.4, -0.2) is 71.6 Å². The third-order valence-electron chi connectivity index (χ3n) is 4.73. The number of ether oxygens (including phenoxy) is 3. The number of aliphatic hydroxyl groups is 1. The van der Waals surface area contributed by atoms with E-state index >= 15 is 0 Å². The molecule has 0 atom stereocenters. The van der Waals surface area contributed by atoms with E-state index in [0.717, 1.165) is 11.5 Å². The van der Waals surface area contributed by atoms with Crippen LogP contribution in [0.5, 0.6) is 0 Å². The van der Waals surface area contributed by atoms with Gasteiger partial charge in [0.1, 0.15) is 0 Å². The summed E-state index contributed by atoms with van der Waals surface area (Å²) in [4.78, 5) is 23.4. The van der Waals surface area contributed by atoms with Crippen molar-refractivity contribution in [1.29, 1.82) is 5.26 Å². The molecular formula is C38H61Cl2NO6S2. The van der Waals surface area contributed by atoms with Crippen LogP contribution in [0.25, 0.3) is 0 Å². The van der Waals surface area contributed by atoms with Crippen LogP contribution in [0.15, 0.2) is 48.5 Å². The molecule has 0 saturated carbocycles. The number of aliphatic hydroxyl groups excluding tert-OH is 1. The smallest absolute Gasteiger partial charge is 0.220 e. The summed E-state index contributed by atoms with van der Waals surface area (Å²) in [5.41, 5.74) is 1.25. The topological polar surface area (TPSA) is 106 Å². The van der Waals surface area contributed by atoms with Crippen molar-refractivity contribution in [2.45, 2.75) is 101 Å². The third kappa shape index (κ3) is 39.0. The number of nitrogens with zero attached hydrogens (tertiary/aromatic N) is 1. The molecular weight excluding hydrogens is 701 g/mol. The Labute approximate surface area is 316 Å². The lowest BCUT2D eigenvalue weighted by atomic mass is 10.2. The molecule has 0 heterocycles. The number of hydrogen-bond donors (Lipinski definition) is 1. The number of carbonyl (C=O) groups is 2. The van der Waals surface area contributed by atoms with Gasteiger partial charge in [-0.25, -0.2) is 0 Å². The molecule has 0 fully saturated rings. The molecule has 2 aromatic carbocycles. The monoisotopic (exact) mass is 761 g/mol. The van der Waals surface area contributed by atoms with Crippen molar-refractivity contribution >= 4 is 57.0 Å². The molecule has 0 aromatic heterocycles. The number of halogens is 2. The number of thioether (sulfide) groups is 2. The summed E-state index contributed by atoms with van der Waals surface area (Å²) in [6.07, 6.45) is 1.17. The van der Waals surface area contributed by atoms with Crippen molar-refractivity contribution in [2.75, 3.05) is 37.9 Å². The molecule has 2 rings (SSSR count). The first-order chi connectivity index (χ1) is 23.0. The van der Waals surface area contributed by atoms with Crippen LogP contribution in [0.4, 0.5) is 0 Å². The highest BCUT2D eigenvalue weighted by molar-refractivity contribution is 8.14. The largest absolute Gasteiger partial charge is 0.396 e. The van der Waals surface area contributed by atoms with Crippen LogP contribution in [0.1, 0.15) is 103 Å². The number of benzene rings is 2. The van der Waals surface area contributed by atoms with Gasteiger partial charge in [0.05, 0.1) is 55.6 Å². The third-order valence-corrected chi connectivity index (χ3v) is 7.00. The summed E-state index contributed by atoms with van der Waals surface area (Å²) in [5.74, 6) is 2.61. The second-order valence-corrected chi connectivity index (χ2v) is 15.2. The maximum Gasteiger partial charge on any atom is 0.220 e. The minimum Gasteiger partial charge on any atom is -0.396 e. The lowest BCUT2D eigenvalue weighted by molar-refractivity contribution is 0.0833. The van der Waals surface area contributed by atoms with E-state index in [9.17, 15) is 9.59 Å². The van der Waals surface area contributed by atoms with Gasteiger partial charge in [0, 0.05) is 34.3 Å². The summed E-state index contributed by atoms with van der Waals surface area (Å²) in [7, 11) is 0. The fourth-order valence-corrected chi connectivity index (χ4v) is 4.48. The molecule has 1 N–H and O–H groups in total. The zero-order valence-corrected chi connectivity index (χ0v) is 34.6. The van der Waals surface area contributed by atoms with E-state index in [-0.39, 0.29) is 28.5 Å². The van der Waals surface area contributed by atoms with Crippen molar-refractivity contribution in [3.63, 3.8) is 0 Å². The Bertz CT molecular complexity index is 1120. The Morgan fingerprint density at radius 1 is 0.735 bits per heavy atom. The Kier molecular flexibility index (Phi) is 36.8. The Balaban J connectivity index is -0.000000598. The summed E-state index contributed by atoms with van der Waals surface area (Å²) < 4.78 is 15.8. The predicted molar refractivity (Wildman–Crippen MR) is 212 cm³/mol. The van der Waals surface area contributed by atoms with Crippen molar-refractivity contribution in [2.24, 2.45) is 11.8 Å². The van der Waals surface area contributed by atoms with Crippen molar-refractivity contribution in [1.82, 2.24) is 0 Å². The first-order valence-corrected chi connectivity index (χ1v) is 19.4. The minimum absolute atomic E-state index is 0.0565. The van der Waals surface area contributed by atoms with Crippen molar-refractivity contribution in [3.05, 3.63) is 69.7 Å². The SMILES string of the molecule is CC(C)C.CC(C)CO.CC(C)OCCC#N.CC(C)OCCSC(=O)c1ccc(Cl)cc1Cl.CC(C)OCCSC(=O)c1ccccc1. The van der Waals surface area contributed by atoms with Gasteiger partial charge < -0.3 is 19.3 Å². The van der Waals surface area contributed by atoms with Crippen LogP contribution in [0.3, 0.4) is 0 Å². The maximum atomic E-state index is 11.8. The zero-order chi connectivity index (χ0) is 38.2. The van der Waals surface area contributed by atoms with E-state index in [1.54, 1.807) is 18.2 Å². The van der Waals surface area contributed by atoms with Gasteiger partial charge in [-0.3, -0.25) is 9.59 Å². The Morgan fingerprint density at radius 3 is 1.55 bits per heavy atom. The maximum absolute atomic E-state index is 11.8. The molecule has 7 nitrogen and oxygen atoms in total. The summed E-state index contributed by atoms with van der Waals surface area (Å²) in [5, 5.41) is 17.2. The van der Waals surface area contributed by atoms with Gasteiger partial charge in [-0.05, 0) is 71.6 Å². The van der Waals surface area contributed by atoms with Gasteiger partial charge >= 0.3 is 0 Å². The highest BCUT2D eigenvalue weighted by Gasteiger charge is 2.11. The van der Waals surface area contributed by atoms with E-state index in [1.807, 2.05) is 91.8 Å². The summed E-state index contributed by atoms with van der Waals surface area (Å²) in [6, 6.07) is 16.2. The highest BCUT2D eigenvalue weighted by Crippen LogP contribution is 2.24. The summed E-state index contributed by atoms with van der Waals surface area (Å²) >= 11 is 14.2. The van der Waals surface area contributed by atoms with Crippen LogP contribution < -0.4 is 0 Å². The van der Waals surface area contributed by atoms with E-state index in [0.29, 0.717) is 65.9 Å². The average Bonchev–Trinajstić information content (AvgIpc) is 3.02. The lowest BCUT2D eigenvalue weighted by Crippen LogP contribution is -2.07. The van der Waals surface area contributed by atoms with Gasteiger partial charge in [0.15, 0.2) is 0 Å². The summed E-state index contributed by atoms with van der Waals surface area (Å²) in [6.45, 7) is 24.3. The minimum atomic E-state index is -0.0565. The second kappa shape index (κ2) is 34.8. The molecule has 49 heavy (non-hydrogen) atoms. The number of hydrogen-bond acceptors (Lipinski definition) is 9.